The molecule has 200 valence electrons. The summed E-state index contributed by atoms with van der Waals surface area (Å²) in [5.41, 5.74) is 4.66. The maximum atomic E-state index is 12.5. The van der Waals surface area contributed by atoms with E-state index in [1.54, 1.807) is 5.57 Å². The number of nitrogens with zero attached hydrogens (tertiary/aromatic N) is 2. The molecule has 6 atom stereocenters. The van der Waals surface area contributed by atoms with Gasteiger partial charge in [-0.2, -0.15) is 0 Å². The summed E-state index contributed by atoms with van der Waals surface area (Å²) in [6.07, 6.45) is 14.7. The number of hydrogen-bond acceptors (Lipinski definition) is 3. The predicted molar refractivity (Wildman–Crippen MR) is 153 cm³/mol. The van der Waals surface area contributed by atoms with Crippen molar-refractivity contribution in [1.82, 2.24) is 4.90 Å². The fraction of sp³-hybridized carbons (Fsp3) is 0.588. The highest BCUT2D eigenvalue weighted by atomic mass is 16.5. The molecule has 2 aromatic carbocycles. The number of rotatable bonds is 2. The number of hydrogen-bond donors (Lipinski definition) is 0. The van der Waals surface area contributed by atoms with Gasteiger partial charge in [0.2, 0.25) is 0 Å². The normalized spacial score (nSPS) is 41.7. The highest BCUT2D eigenvalue weighted by Crippen LogP contribution is 2.69. The minimum Gasteiger partial charge on any atom is -0.633 e. The Bertz CT molecular complexity index is 1350. The van der Waals surface area contributed by atoms with Gasteiger partial charge in [0.25, 0.3) is 0 Å². The van der Waals surface area contributed by atoms with Crippen LogP contribution in [0.15, 0.2) is 65.8 Å². The second kappa shape index (κ2) is 8.04. The van der Waals surface area contributed by atoms with E-state index in [-0.39, 0.29) is 21.3 Å². The number of benzene rings is 2. The SMILES string of the molecule is C[C@]12CC=C3C=C4CC[C@H](N5CC[N+](C)([O-])CC5)C[C@]45CC[C@]3(O5)[C@@H]1CC[C@@H]2c1ccc2ccccc2c1. The van der Waals surface area contributed by atoms with E-state index in [9.17, 15) is 5.21 Å². The van der Waals surface area contributed by atoms with Gasteiger partial charge in [-0.05, 0) is 96.1 Å². The molecule has 0 unspecified atom stereocenters. The van der Waals surface area contributed by atoms with E-state index in [0.717, 1.165) is 45.4 Å². The summed E-state index contributed by atoms with van der Waals surface area (Å²) in [5.74, 6) is 1.17. The van der Waals surface area contributed by atoms with Crippen LogP contribution in [0.25, 0.3) is 10.8 Å². The zero-order valence-corrected chi connectivity index (χ0v) is 23.1. The van der Waals surface area contributed by atoms with Gasteiger partial charge in [0.05, 0.1) is 31.3 Å². The first-order valence-electron chi connectivity index (χ1n) is 15.2. The molecule has 3 aliphatic heterocycles. The largest absolute Gasteiger partial charge is 0.633 e. The summed E-state index contributed by atoms with van der Waals surface area (Å²) in [5, 5.41) is 15.2. The van der Waals surface area contributed by atoms with Gasteiger partial charge in [-0.25, -0.2) is 0 Å². The van der Waals surface area contributed by atoms with Gasteiger partial charge in [-0.1, -0.05) is 61.5 Å². The number of ether oxygens (including phenoxy) is 1. The zero-order chi connectivity index (χ0) is 25.8. The molecule has 2 spiro atoms. The molecule has 2 aromatic rings. The molecule has 3 aliphatic carbocycles. The Balaban J connectivity index is 1.10. The smallest absolute Gasteiger partial charge is 0.0974 e. The summed E-state index contributed by atoms with van der Waals surface area (Å²) in [4.78, 5) is 2.62. The van der Waals surface area contributed by atoms with E-state index in [1.165, 1.54) is 54.0 Å². The fourth-order valence-corrected chi connectivity index (χ4v) is 9.94. The summed E-state index contributed by atoms with van der Waals surface area (Å²) in [6, 6.07) is 16.6. The van der Waals surface area contributed by atoms with Crippen molar-refractivity contribution in [3.8, 4) is 0 Å². The van der Waals surface area contributed by atoms with Gasteiger partial charge in [-0.3, -0.25) is 4.90 Å². The highest BCUT2D eigenvalue weighted by Gasteiger charge is 2.66. The average Bonchev–Trinajstić information content (AvgIpc) is 3.43. The fourth-order valence-electron chi connectivity index (χ4n) is 9.94. The number of fused-ring (bicyclic) bond motifs is 2. The summed E-state index contributed by atoms with van der Waals surface area (Å²) < 4.78 is 7.47. The molecule has 0 N–H and O–H groups in total. The van der Waals surface area contributed by atoms with Crippen molar-refractivity contribution in [2.75, 3.05) is 33.2 Å². The quantitative estimate of drug-likeness (QED) is 0.333. The van der Waals surface area contributed by atoms with Crippen LogP contribution in [0.3, 0.4) is 0 Å². The van der Waals surface area contributed by atoms with Crippen LogP contribution in [0.5, 0.6) is 0 Å². The lowest BCUT2D eigenvalue weighted by Gasteiger charge is -2.55. The van der Waals surface area contributed by atoms with Crippen LogP contribution in [0, 0.1) is 16.5 Å². The standard InChI is InChI=1S/C34H42N2O2/c1-32-14-13-28-22-27-9-10-29(35-17-19-36(2,37)20-18-35)23-33(27)15-16-34(28,38-33)31(32)12-11-30(32)26-8-7-24-5-3-4-6-25(24)21-26/h3-8,13,21-22,29-31H,9-12,14-20,23H2,1-2H3/t29-,30+,31+,32+,33+,34+/m0/s1. The Morgan fingerprint density at radius 1 is 1.00 bits per heavy atom. The molecular weight excluding hydrogens is 468 g/mol. The van der Waals surface area contributed by atoms with Crippen molar-refractivity contribution >= 4 is 10.8 Å². The predicted octanol–water partition coefficient (Wildman–Crippen LogP) is 6.71. The number of quaternary nitrogens is 1. The monoisotopic (exact) mass is 510 g/mol. The lowest BCUT2D eigenvalue weighted by atomic mass is 9.58. The molecule has 0 amide bonds. The van der Waals surface area contributed by atoms with Gasteiger partial charge in [0.15, 0.2) is 0 Å². The van der Waals surface area contributed by atoms with E-state index in [0.29, 0.717) is 17.9 Å². The van der Waals surface area contributed by atoms with E-state index in [4.69, 9.17) is 4.74 Å². The summed E-state index contributed by atoms with van der Waals surface area (Å²) in [7, 11) is 1.84. The van der Waals surface area contributed by atoms with E-state index >= 15 is 0 Å². The lowest BCUT2D eigenvalue weighted by molar-refractivity contribution is -0.865. The van der Waals surface area contributed by atoms with Crippen LogP contribution in [0.2, 0.25) is 0 Å². The maximum absolute atomic E-state index is 12.5. The first-order chi connectivity index (χ1) is 18.3. The van der Waals surface area contributed by atoms with Crippen molar-refractivity contribution in [3.05, 3.63) is 76.5 Å². The molecule has 6 aliphatic rings. The molecule has 2 saturated heterocycles. The molecular formula is C34H42N2O2. The highest BCUT2D eigenvalue weighted by molar-refractivity contribution is 5.83. The van der Waals surface area contributed by atoms with Crippen LogP contribution in [0.1, 0.15) is 69.8 Å². The van der Waals surface area contributed by atoms with Gasteiger partial charge in [0, 0.05) is 19.1 Å². The second-order valence-electron chi connectivity index (χ2n) is 14.0. The maximum Gasteiger partial charge on any atom is 0.0974 e. The Kier molecular flexibility index (Phi) is 5.05. The first-order valence-corrected chi connectivity index (χ1v) is 15.2. The lowest BCUT2D eigenvalue weighted by Crippen LogP contribution is -2.59. The molecule has 3 heterocycles. The third-order valence-electron chi connectivity index (χ3n) is 12.1. The van der Waals surface area contributed by atoms with Crippen LogP contribution < -0.4 is 0 Å². The Hall–Kier alpha value is -1.98. The summed E-state index contributed by atoms with van der Waals surface area (Å²) in [6.45, 7) is 5.89. The Morgan fingerprint density at radius 2 is 1.82 bits per heavy atom. The van der Waals surface area contributed by atoms with E-state index < -0.39 is 0 Å². The van der Waals surface area contributed by atoms with Crippen LogP contribution >= 0.6 is 0 Å². The van der Waals surface area contributed by atoms with Crippen molar-refractivity contribution in [1.29, 1.82) is 0 Å². The molecule has 2 bridgehead atoms. The second-order valence-corrected chi connectivity index (χ2v) is 14.0. The molecule has 8 rings (SSSR count). The molecule has 38 heavy (non-hydrogen) atoms. The number of likely N-dealkylation sites (N-methyl/N-ethyl adjacent to an activating group) is 1. The minimum absolute atomic E-state index is 0.0768. The van der Waals surface area contributed by atoms with Crippen LogP contribution in [-0.4, -0.2) is 60.0 Å². The summed E-state index contributed by atoms with van der Waals surface area (Å²) >= 11 is 0. The van der Waals surface area contributed by atoms with Crippen molar-refractivity contribution in [2.45, 2.75) is 81.5 Å². The van der Waals surface area contributed by atoms with Crippen molar-refractivity contribution in [2.24, 2.45) is 11.3 Å². The Labute approximate surface area is 227 Å². The third-order valence-corrected chi connectivity index (χ3v) is 12.1. The molecule has 2 saturated carbocycles. The molecule has 0 radical (unpaired) electrons. The van der Waals surface area contributed by atoms with Gasteiger partial charge >= 0.3 is 0 Å². The van der Waals surface area contributed by atoms with Gasteiger partial charge in [-0.15, -0.1) is 0 Å². The third kappa shape index (κ3) is 3.30. The van der Waals surface area contributed by atoms with E-state index in [1.807, 2.05) is 7.05 Å². The zero-order valence-electron chi connectivity index (χ0n) is 23.1. The van der Waals surface area contributed by atoms with Gasteiger partial charge < -0.3 is 14.6 Å². The van der Waals surface area contributed by atoms with E-state index in [2.05, 4.69) is 66.4 Å². The van der Waals surface area contributed by atoms with Crippen molar-refractivity contribution < 1.29 is 9.38 Å². The number of hydroxylamine groups is 3. The molecule has 0 aromatic heterocycles. The topological polar surface area (TPSA) is 35.5 Å². The van der Waals surface area contributed by atoms with Crippen molar-refractivity contribution in [3.63, 3.8) is 0 Å². The Morgan fingerprint density at radius 3 is 2.66 bits per heavy atom. The van der Waals surface area contributed by atoms with Crippen LogP contribution in [0.4, 0.5) is 0 Å². The molecule has 4 nitrogen and oxygen atoms in total. The number of allylic oxidation sites excluding steroid dienone is 1. The molecule has 4 fully saturated rings. The van der Waals surface area contributed by atoms with Gasteiger partial charge in [0.1, 0.15) is 0 Å². The minimum atomic E-state index is -0.101. The average molecular weight is 511 g/mol. The van der Waals surface area contributed by atoms with Crippen LogP contribution in [-0.2, 0) is 4.74 Å². The first kappa shape index (κ1) is 23.9. The molecule has 4 heteroatoms. The number of piperazine rings is 1.